The van der Waals surface area contributed by atoms with Crippen LogP contribution < -0.4 is 9.46 Å². The minimum atomic E-state index is -3.65. The van der Waals surface area contributed by atoms with Crippen LogP contribution in [0.3, 0.4) is 0 Å². The van der Waals surface area contributed by atoms with Gasteiger partial charge < -0.3 is 9.47 Å². The topological polar surface area (TPSA) is 64.6 Å². The normalized spacial score (nSPS) is 11.5. The Morgan fingerprint density at radius 1 is 1.39 bits per heavy atom. The maximum absolute atomic E-state index is 12.0. The van der Waals surface area contributed by atoms with E-state index in [4.69, 9.17) is 21.1 Å². The van der Waals surface area contributed by atoms with Crippen LogP contribution in [-0.4, -0.2) is 35.3 Å². The summed E-state index contributed by atoms with van der Waals surface area (Å²) in [7, 11) is -2.24. The molecule has 0 aliphatic carbocycles. The molecule has 0 atom stereocenters. The third-order valence-electron chi connectivity index (χ3n) is 2.16. The molecule has 0 radical (unpaired) electrons. The summed E-state index contributed by atoms with van der Waals surface area (Å²) in [6.07, 6.45) is 0. The number of methoxy groups -OCH3 is 1. The van der Waals surface area contributed by atoms with Crippen molar-refractivity contribution < 1.29 is 17.9 Å². The van der Waals surface area contributed by atoms with E-state index in [-0.39, 0.29) is 17.2 Å². The number of sulfonamides is 1. The first-order valence-electron chi connectivity index (χ1n) is 5.42. The van der Waals surface area contributed by atoms with E-state index in [0.29, 0.717) is 18.2 Å². The van der Waals surface area contributed by atoms with E-state index >= 15 is 0 Å². The number of hydrogen-bond acceptors (Lipinski definition) is 4. The fourth-order valence-corrected chi connectivity index (χ4v) is 2.77. The lowest BCUT2D eigenvalue weighted by molar-refractivity contribution is 0.153. The first-order valence-corrected chi connectivity index (χ1v) is 7.28. The van der Waals surface area contributed by atoms with Gasteiger partial charge in [0.15, 0.2) is 0 Å². The van der Waals surface area contributed by atoms with Crippen LogP contribution in [0.5, 0.6) is 5.75 Å². The SMILES string of the molecule is CCOCCNS(=O)(=O)c1cc(Cl)ccc1OC. The molecule has 0 aliphatic rings. The average Bonchev–Trinajstić information content (AvgIpc) is 2.35. The van der Waals surface area contributed by atoms with Crippen LogP contribution in [-0.2, 0) is 14.8 Å². The summed E-state index contributed by atoms with van der Waals surface area (Å²) in [5.41, 5.74) is 0. The van der Waals surface area contributed by atoms with Crippen molar-refractivity contribution in [3.8, 4) is 5.75 Å². The second-order valence-corrected chi connectivity index (χ2v) is 5.56. The lowest BCUT2D eigenvalue weighted by Gasteiger charge is -2.11. The summed E-state index contributed by atoms with van der Waals surface area (Å²) in [6, 6.07) is 4.43. The smallest absolute Gasteiger partial charge is 0.244 e. The molecule has 0 aliphatic heterocycles. The Bertz CT molecular complexity index is 490. The molecule has 0 saturated carbocycles. The fourth-order valence-electron chi connectivity index (χ4n) is 1.33. The zero-order valence-electron chi connectivity index (χ0n) is 10.3. The molecule has 1 aromatic carbocycles. The van der Waals surface area contributed by atoms with Crippen LogP contribution in [0.4, 0.5) is 0 Å². The van der Waals surface area contributed by atoms with Crippen molar-refractivity contribution in [1.82, 2.24) is 4.72 Å². The molecule has 18 heavy (non-hydrogen) atoms. The number of nitrogens with one attached hydrogen (secondary N) is 1. The number of halogens is 1. The van der Waals surface area contributed by atoms with Gasteiger partial charge in [-0.05, 0) is 25.1 Å². The van der Waals surface area contributed by atoms with Crippen molar-refractivity contribution in [2.24, 2.45) is 0 Å². The van der Waals surface area contributed by atoms with Crippen LogP contribution in [0.25, 0.3) is 0 Å². The van der Waals surface area contributed by atoms with Gasteiger partial charge in [0.25, 0.3) is 0 Å². The van der Waals surface area contributed by atoms with Crippen LogP contribution in [0.1, 0.15) is 6.92 Å². The molecule has 0 bridgehead atoms. The molecule has 5 nitrogen and oxygen atoms in total. The molecule has 1 N–H and O–H groups in total. The second-order valence-electron chi connectivity index (χ2n) is 3.39. The van der Waals surface area contributed by atoms with Crippen molar-refractivity contribution >= 4 is 21.6 Å². The van der Waals surface area contributed by atoms with Gasteiger partial charge in [-0.2, -0.15) is 0 Å². The molecule has 0 amide bonds. The first-order chi connectivity index (χ1) is 8.51. The lowest BCUT2D eigenvalue weighted by atomic mass is 10.3. The maximum atomic E-state index is 12.0. The predicted octanol–water partition coefficient (Wildman–Crippen LogP) is 1.66. The van der Waals surface area contributed by atoms with E-state index in [0.717, 1.165) is 0 Å². The van der Waals surface area contributed by atoms with Crippen molar-refractivity contribution in [2.45, 2.75) is 11.8 Å². The van der Waals surface area contributed by atoms with E-state index in [1.807, 2.05) is 6.92 Å². The molecule has 7 heteroatoms. The van der Waals surface area contributed by atoms with Gasteiger partial charge in [0.1, 0.15) is 10.6 Å². The minimum Gasteiger partial charge on any atom is -0.495 e. The fraction of sp³-hybridized carbons (Fsp3) is 0.455. The first kappa shape index (κ1) is 15.2. The molecule has 0 spiro atoms. The highest BCUT2D eigenvalue weighted by atomic mass is 35.5. The van der Waals surface area contributed by atoms with E-state index in [9.17, 15) is 8.42 Å². The van der Waals surface area contributed by atoms with Crippen LogP contribution in [0.2, 0.25) is 5.02 Å². The summed E-state index contributed by atoms with van der Waals surface area (Å²) in [5.74, 6) is 0.253. The number of hydrogen-bond donors (Lipinski definition) is 1. The van der Waals surface area contributed by atoms with E-state index in [1.54, 1.807) is 6.07 Å². The number of rotatable bonds is 7. The number of ether oxygens (including phenoxy) is 2. The van der Waals surface area contributed by atoms with Gasteiger partial charge in [-0.3, -0.25) is 0 Å². The predicted molar refractivity (Wildman–Crippen MR) is 69.7 cm³/mol. The summed E-state index contributed by atoms with van der Waals surface area (Å²) >= 11 is 5.79. The van der Waals surface area contributed by atoms with Gasteiger partial charge >= 0.3 is 0 Å². The summed E-state index contributed by atoms with van der Waals surface area (Å²) < 4.78 is 36.5. The summed E-state index contributed by atoms with van der Waals surface area (Å²) in [5, 5.41) is 0.334. The Balaban J connectivity index is 2.87. The maximum Gasteiger partial charge on any atom is 0.244 e. The molecule has 1 aromatic rings. The molecule has 0 fully saturated rings. The van der Waals surface area contributed by atoms with Gasteiger partial charge in [-0.25, -0.2) is 13.1 Å². The van der Waals surface area contributed by atoms with Crippen molar-refractivity contribution in [3.05, 3.63) is 23.2 Å². The largest absolute Gasteiger partial charge is 0.495 e. The zero-order chi connectivity index (χ0) is 13.6. The van der Waals surface area contributed by atoms with Gasteiger partial charge in [-0.15, -0.1) is 0 Å². The highest BCUT2D eigenvalue weighted by Gasteiger charge is 2.19. The Kier molecular flexibility index (Phi) is 5.87. The minimum absolute atomic E-state index is 0.0222. The Hall–Kier alpha value is -0.820. The monoisotopic (exact) mass is 293 g/mol. The molecular formula is C11H16ClNO4S. The van der Waals surface area contributed by atoms with Gasteiger partial charge in [0, 0.05) is 18.2 Å². The van der Waals surface area contributed by atoms with E-state index < -0.39 is 10.0 Å². The van der Waals surface area contributed by atoms with E-state index in [2.05, 4.69) is 4.72 Å². The summed E-state index contributed by atoms with van der Waals surface area (Å²) in [4.78, 5) is 0.0222. The lowest BCUT2D eigenvalue weighted by Crippen LogP contribution is -2.27. The standard InChI is InChI=1S/C11H16ClNO4S/c1-3-17-7-6-13-18(14,15)11-8-9(12)4-5-10(11)16-2/h4-5,8,13H,3,6-7H2,1-2H3. The molecule has 0 unspecified atom stereocenters. The van der Waals surface area contributed by atoms with Crippen LogP contribution in [0, 0.1) is 0 Å². The zero-order valence-corrected chi connectivity index (χ0v) is 11.8. The molecule has 0 heterocycles. The second kappa shape index (κ2) is 6.94. The molecule has 1 rings (SSSR count). The van der Waals surface area contributed by atoms with Crippen molar-refractivity contribution in [3.63, 3.8) is 0 Å². The highest BCUT2D eigenvalue weighted by Crippen LogP contribution is 2.26. The molecular weight excluding hydrogens is 278 g/mol. The Labute approximate surface area is 112 Å². The van der Waals surface area contributed by atoms with E-state index in [1.165, 1.54) is 19.2 Å². The average molecular weight is 294 g/mol. The van der Waals surface area contributed by atoms with Gasteiger partial charge in [0.2, 0.25) is 10.0 Å². The van der Waals surface area contributed by atoms with Gasteiger partial charge in [0.05, 0.1) is 13.7 Å². The Morgan fingerprint density at radius 2 is 2.11 bits per heavy atom. The third-order valence-corrected chi connectivity index (χ3v) is 3.88. The third kappa shape index (κ3) is 4.13. The Morgan fingerprint density at radius 3 is 2.72 bits per heavy atom. The summed E-state index contributed by atoms with van der Waals surface area (Å²) in [6.45, 7) is 2.90. The number of benzene rings is 1. The molecule has 0 saturated heterocycles. The molecule has 0 aromatic heterocycles. The van der Waals surface area contributed by atoms with Gasteiger partial charge in [-0.1, -0.05) is 11.6 Å². The molecule has 102 valence electrons. The quantitative estimate of drug-likeness (QED) is 0.777. The van der Waals surface area contributed by atoms with Crippen molar-refractivity contribution in [1.29, 1.82) is 0 Å². The van der Waals surface area contributed by atoms with Crippen LogP contribution in [0.15, 0.2) is 23.1 Å². The highest BCUT2D eigenvalue weighted by molar-refractivity contribution is 7.89. The van der Waals surface area contributed by atoms with Crippen molar-refractivity contribution in [2.75, 3.05) is 26.9 Å². The van der Waals surface area contributed by atoms with Crippen LogP contribution >= 0.6 is 11.6 Å².